The van der Waals surface area contributed by atoms with Gasteiger partial charge in [0.05, 0.1) is 0 Å². The molecule has 2 rings (SSSR count). The van der Waals surface area contributed by atoms with E-state index in [0.29, 0.717) is 4.83 Å². The Kier molecular flexibility index (Phi) is 2.73. The highest BCUT2D eigenvalue weighted by molar-refractivity contribution is 9.09. The molecule has 1 heterocycles. The molecule has 0 radical (unpaired) electrons. The van der Waals surface area contributed by atoms with Crippen LogP contribution in [0.3, 0.4) is 0 Å². The summed E-state index contributed by atoms with van der Waals surface area (Å²) in [5, 5.41) is 0. The number of aromatic nitrogens is 1. The summed E-state index contributed by atoms with van der Waals surface area (Å²) in [6.45, 7) is 2.13. The number of hydrogen-bond donors (Lipinski definition) is 0. The number of nitrogens with zero attached hydrogens (tertiary/aromatic N) is 1. The van der Waals surface area contributed by atoms with Gasteiger partial charge in [0.1, 0.15) is 0 Å². The Hall–Kier alpha value is -1.02. The minimum atomic E-state index is 0.401. The van der Waals surface area contributed by atoms with Gasteiger partial charge in [-0.2, -0.15) is 0 Å². The molecule has 0 aliphatic carbocycles. The summed E-state index contributed by atoms with van der Waals surface area (Å²) in [6.07, 6.45) is 4.11. The molecule has 0 spiro atoms. The third-order valence-corrected chi connectivity index (χ3v) is 2.76. The molecule has 1 nitrogen and oxygen atoms in total. The van der Waals surface area contributed by atoms with Crippen LogP contribution in [0.5, 0.6) is 0 Å². The standard InChI is InChI=1S/C12H12BrN/c1-10(13)11-5-4-6-12(9-11)14-7-2-3-8-14/h2-10H,1H3. The molecule has 2 heteroatoms. The Morgan fingerprint density at radius 1 is 1.14 bits per heavy atom. The summed E-state index contributed by atoms with van der Waals surface area (Å²) in [5.74, 6) is 0. The van der Waals surface area contributed by atoms with Crippen molar-refractivity contribution in [3.63, 3.8) is 0 Å². The number of alkyl halides is 1. The maximum absolute atomic E-state index is 3.57. The van der Waals surface area contributed by atoms with Crippen LogP contribution in [0.4, 0.5) is 0 Å². The smallest absolute Gasteiger partial charge is 0.0452 e. The van der Waals surface area contributed by atoms with E-state index in [-0.39, 0.29) is 0 Å². The number of hydrogen-bond acceptors (Lipinski definition) is 0. The first-order valence-electron chi connectivity index (χ1n) is 4.65. The molecular formula is C12H12BrN. The van der Waals surface area contributed by atoms with Crippen molar-refractivity contribution in [2.24, 2.45) is 0 Å². The third-order valence-electron chi connectivity index (χ3n) is 2.23. The molecule has 0 aliphatic rings. The lowest BCUT2D eigenvalue weighted by Crippen LogP contribution is -1.91. The molecule has 1 atom stereocenters. The van der Waals surface area contributed by atoms with Crippen LogP contribution in [0.15, 0.2) is 48.8 Å². The fraction of sp³-hybridized carbons (Fsp3) is 0.167. The van der Waals surface area contributed by atoms with Crippen LogP contribution in [-0.4, -0.2) is 4.57 Å². The molecule has 0 saturated carbocycles. The molecule has 0 aliphatic heterocycles. The molecule has 2 aromatic rings. The van der Waals surface area contributed by atoms with E-state index in [1.165, 1.54) is 11.3 Å². The lowest BCUT2D eigenvalue weighted by molar-refractivity contribution is 1.05. The van der Waals surface area contributed by atoms with E-state index in [9.17, 15) is 0 Å². The topological polar surface area (TPSA) is 4.93 Å². The number of halogens is 1. The quantitative estimate of drug-likeness (QED) is 0.711. The van der Waals surface area contributed by atoms with Gasteiger partial charge < -0.3 is 4.57 Å². The lowest BCUT2D eigenvalue weighted by atomic mass is 10.1. The van der Waals surface area contributed by atoms with Gasteiger partial charge in [-0.1, -0.05) is 28.1 Å². The second-order valence-corrected chi connectivity index (χ2v) is 4.67. The molecule has 14 heavy (non-hydrogen) atoms. The summed E-state index contributed by atoms with van der Waals surface area (Å²) in [5.41, 5.74) is 2.51. The Labute approximate surface area is 92.5 Å². The Bertz CT molecular complexity index is 404. The Morgan fingerprint density at radius 3 is 2.50 bits per heavy atom. The Balaban J connectivity index is 2.41. The largest absolute Gasteiger partial charge is 0.324 e. The van der Waals surface area contributed by atoms with E-state index >= 15 is 0 Å². The van der Waals surface area contributed by atoms with E-state index < -0.39 is 0 Å². The van der Waals surface area contributed by atoms with Crippen molar-refractivity contribution >= 4 is 15.9 Å². The zero-order valence-corrected chi connectivity index (χ0v) is 9.61. The monoisotopic (exact) mass is 249 g/mol. The normalized spacial score (nSPS) is 12.7. The molecule has 0 saturated heterocycles. The summed E-state index contributed by atoms with van der Waals surface area (Å²) in [4.78, 5) is 0.401. The highest BCUT2D eigenvalue weighted by atomic mass is 79.9. The van der Waals surface area contributed by atoms with Crippen molar-refractivity contribution in [1.82, 2.24) is 4.57 Å². The van der Waals surface area contributed by atoms with Crippen LogP contribution in [0, 0.1) is 0 Å². The van der Waals surface area contributed by atoms with Gasteiger partial charge in [-0.25, -0.2) is 0 Å². The molecule has 0 bridgehead atoms. The van der Waals surface area contributed by atoms with Gasteiger partial charge in [-0.3, -0.25) is 0 Å². The zero-order chi connectivity index (χ0) is 9.97. The minimum Gasteiger partial charge on any atom is -0.324 e. The van der Waals surface area contributed by atoms with E-state index in [1.807, 2.05) is 12.1 Å². The van der Waals surface area contributed by atoms with Crippen LogP contribution in [-0.2, 0) is 0 Å². The summed E-state index contributed by atoms with van der Waals surface area (Å²) < 4.78 is 2.11. The van der Waals surface area contributed by atoms with Gasteiger partial charge in [-0.05, 0) is 36.8 Å². The van der Waals surface area contributed by atoms with Gasteiger partial charge in [0.2, 0.25) is 0 Å². The van der Waals surface area contributed by atoms with Gasteiger partial charge in [0.15, 0.2) is 0 Å². The molecule has 0 N–H and O–H groups in total. The predicted molar refractivity (Wildman–Crippen MR) is 63.1 cm³/mol. The van der Waals surface area contributed by atoms with E-state index in [2.05, 4.69) is 64.1 Å². The van der Waals surface area contributed by atoms with Gasteiger partial charge in [0, 0.05) is 22.9 Å². The molecule has 72 valence electrons. The fourth-order valence-corrected chi connectivity index (χ4v) is 1.72. The second-order valence-electron chi connectivity index (χ2n) is 3.30. The zero-order valence-electron chi connectivity index (χ0n) is 8.02. The first-order chi connectivity index (χ1) is 6.77. The number of rotatable bonds is 2. The summed E-state index contributed by atoms with van der Waals surface area (Å²) in [6, 6.07) is 12.6. The molecule has 0 fully saturated rings. The van der Waals surface area contributed by atoms with E-state index in [0.717, 1.165) is 0 Å². The second kappa shape index (κ2) is 4.01. The molecule has 1 aromatic carbocycles. The third kappa shape index (κ3) is 1.90. The van der Waals surface area contributed by atoms with Crippen molar-refractivity contribution in [3.8, 4) is 5.69 Å². The van der Waals surface area contributed by atoms with Crippen molar-refractivity contribution < 1.29 is 0 Å². The SMILES string of the molecule is CC(Br)c1cccc(-n2cccc2)c1. The van der Waals surface area contributed by atoms with Crippen LogP contribution in [0.1, 0.15) is 17.3 Å². The van der Waals surface area contributed by atoms with E-state index in [4.69, 9.17) is 0 Å². The minimum absolute atomic E-state index is 0.401. The molecular weight excluding hydrogens is 238 g/mol. The summed E-state index contributed by atoms with van der Waals surface area (Å²) >= 11 is 3.57. The maximum atomic E-state index is 3.57. The van der Waals surface area contributed by atoms with Crippen molar-refractivity contribution in [2.75, 3.05) is 0 Å². The van der Waals surface area contributed by atoms with Crippen LogP contribution >= 0.6 is 15.9 Å². The lowest BCUT2D eigenvalue weighted by Gasteiger charge is -2.07. The molecule has 1 aromatic heterocycles. The van der Waals surface area contributed by atoms with Gasteiger partial charge >= 0.3 is 0 Å². The Morgan fingerprint density at radius 2 is 1.86 bits per heavy atom. The van der Waals surface area contributed by atoms with E-state index in [1.54, 1.807) is 0 Å². The fourth-order valence-electron chi connectivity index (χ4n) is 1.44. The summed E-state index contributed by atoms with van der Waals surface area (Å²) in [7, 11) is 0. The highest BCUT2D eigenvalue weighted by Crippen LogP contribution is 2.23. The first-order valence-corrected chi connectivity index (χ1v) is 5.56. The average Bonchev–Trinajstić information content (AvgIpc) is 2.71. The average molecular weight is 250 g/mol. The highest BCUT2D eigenvalue weighted by Gasteiger charge is 2.01. The van der Waals surface area contributed by atoms with Crippen molar-refractivity contribution in [3.05, 3.63) is 54.4 Å². The van der Waals surface area contributed by atoms with Gasteiger partial charge in [0.25, 0.3) is 0 Å². The van der Waals surface area contributed by atoms with Gasteiger partial charge in [-0.15, -0.1) is 0 Å². The molecule has 1 unspecified atom stereocenters. The van der Waals surface area contributed by atoms with Crippen LogP contribution in [0.25, 0.3) is 5.69 Å². The maximum Gasteiger partial charge on any atom is 0.0452 e. The molecule has 0 amide bonds. The number of benzene rings is 1. The predicted octanol–water partition coefficient (Wildman–Crippen LogP) is 3.93. The van der Waals surface area contributed by atoms with Crippen molar-refractivity contribution in [2.45, 2.75) is 11.8 Å². The van der Waals surface area contributed by atoms with Crippen LogP contribution < -0.4 is 0 Å². The van der Waals surface area contributed by atoms with Crippen molar-refractivity contribution in [1.29, 1.82) is 0 Å². The van der Waals surface area contributed by atoms with Crippen LogP contribution in [0.2, 0.25) is 0 Å². The first kappa shape index (κ1) is 9.53.